The van der Waals surface area contributed by atoms with Crippen molar-refractivity contribution >= 4 is 28.6 Å². The van der Waals surface area contributed by atoms with Crippen molar-refractivity contribution < 1.29 is 9.90 Å². The summed E-state index contributed by atoms with van der Waals surface area (Å²) >= 11 is 0. The van der Waals surface area contributed by atoms with Crippen molar-refractivity contribution in [2.75, 3.05) is 5.32 Å². The van der Waals surface area contributed by atoms with Crippen LogP contribution in [-0.2, 0) is 24.2 Å². The Bertz CT molecular complexity index is 1250. The van der Waals surface area contributed by atoms with E-state index in [1.54, 1.807) is 6.08 Å². The molecule has 5 rings (SSSR count). The number of nitrogens with zero attached hydrogens (tertiary/aromatic N) is 1. The summed E-state index contributed by atoms with van der Waals surface area (Å²) in [6.07, 6.45) is 13.5. The second-order valence-corrected chi connectivity index (χ2v) is 11.0. The summed E-state index contributed by atoms with van der Waals surface area (Å²) in [6.45, 7) is 5.54. The summed E-state index contributed by atoms with van der Waals surface area (Å²) in [4.78, 5) is 12.9. The molecular weight excluding hydrogens is 444 g/mol. The van der Waals surface area contributed by atoms with E-state index in [0.29, 0.717) is 18.3 Å². The van der Waals surface area contributed by atoms with Crippen molar-refractivity contribution in [3.63, 3.8) is 0 Å². The Morgan fingerprint density at radius 3 is 2.72 bits per heavy atom. The number of aliphatic hydroxyl groups is 1. The molecule has 0 saturated heterocycles. The molecule has 4 heteroatoms. The highest BCUT2D eigenvalue weighted by Gasteiger charge is 2.18. The number of anilines is 1. The minimum absolute atomic E-state index is 0.124. The number of hydrogen-bond donors (Lipinski definition) is 2. The van der Waals surface area contributed by atoms with Gasteiger partial charge in [-0.25, -0.2) is 0 Å². The first-order valence-electron chi connectivity index (χ1n) is 13.9. The summed E-state index contributed by atoms with van der Waals surface area (Å²) in [5, 5.41) is 14.3. The summed E-state index contributed by atoms with van der Waals surface area (Å²) in [5.41, 5.74) is 6.95. The van der Waals surface area contributed by atoms with Gasteiger partial charge < -0.3 is 15.0 Å². The highest BCUT2D eigenvalue weighted by atomic mass is 16.3. The molecule has 2 aliphatic carbocycles. The average molecular weight is 485 g/mol. The first-order chi connectivity index (χ1) is 17.5. The predicted molar refractivity (Wildman–Crippen MR) is 149 cm³/mol. The standard InChI is InChI=1S/C32H40N2O2/c1-3-22(2)25-11-15-31-27(17-25)19-29(34(31)21-23-7-5-4-6-8-23)13-16-32(36)33-28-12-9-24-10-14-30(35)20-26(24)18-28/h9,11-13,15-19,22-23,30,35H,3-8,10,14,20-21H2,1-2H3,(H,33,36)/b16-13+. The van der Waals surface area contributed by atoms with Crippen molar-refractivity contribution in [3.8, 4) is 0 Å². The zero-order chi connectivity index (χ0) is 25.1. The van der Waals surface area contributed by atoms with Crippen LogP contribution in [0.5, 0.6) is 0 Å². The Morgan fingerprint density at radius 1 is 1.08 bits per heavy atom. The third-order valence-corrected chi connectivity index (χ3v) is 8.39. The molecule has 1 amide bonds. The van der Waals surface area contributed by atoms with Gasteiger partial charge in [-0.15, -0.1) is 0 Å². The number of benzene rings is 2. The van der Waals surface area contributed by atoms with Crippen LogP contribution in [0.4, 0.5) is 5.69 Å². The molecule has 0 bridgehead atoms. The van der Waals surface area contributed by atoms with Gasteiger partial charge in [0, 0.05) is 34.9 Å². The predicted octanol–water partition coefficient (Wildman–Crippen LogP) is 7.24. The number of rotatable bonds is 7. The van der Waals surface area contributed by atoms with E-state index >= 15 is 0 Å². The lowest BCUT2D eigenvalue weighted by Gasteiger charge is -2.23. The highest BCUT2D eigenvalue weighted by molar-refractivity contribution is 6.02. The minimum atomic E-state index is -0.282. The Kier molecular flexibility index (Phi) is 7.62. The summed E-state index contributed by atoms with van der Waals surface area (Å²) in [6, 6.07) is 15.2. The first kappa shape index (κ1) is 24.8. The van der Waals surface area contributed by atoms with Gasteiger partial charge in [-0.1, -0.05) is 45.2 Å². The fourth-order valence-corrected chi connectivity index (χ4v) is 5.98. The molecule has 4 nitrogen and oxygen atoms in total. The van der Waals surface area contributed by atoms with Crippen LogP contribution in [0.3, 0.4) is 0 Å². The molecule has 0 spiro atoms. The van der Waals surface area contributed by atoms with Crippen LogP contribution in [0, 0.1) is 5.92 Å². The van der Waals surface area contributed by atoms with E-state index in [0.717, 1.165) is 42.8 Å². The van der Waals surface area contributed by atoms with Gasteiger partial charge in [0.25, 0.3) is 0 Å². The van der Waals surface area contributed by atoms with Crippen LogP contribution in [-0.4, -0.2) is 21.7 Å². The maximum Gasteiger partial charge on any atom is 0.248 e. The molecule has 36 heavy (non-hydrogen) atoms. The van der Waals surface area contributed by atoms with Crippen molar-refractivity contribution in [1.29, 1.82) is 0 Å². The second-order valence-electron chi connectivity index (χ2n) is 11.0. The molecule has 2 N–H and O–H groups in total. The molecule has 2 aliphatic rings. The van der Waals surface area contributed by atoms with Crippen LogP contribution in [0.25, 0.3) is 17.0 Å². The van der Waals surface area contributed by atoms with E-state index in [1.165, 1.54) is 54.1 Å². The smallest absolute Gasteiger partial charge is 0.248 e. The Labute approximate surface area is 215 Å². The maximum atomic E-state index is 12.9. The number of aromatic nitrogens is 1. The fourth-order valence-electron chi connectivity index (χ4n) is 5.98. The summed E-state index contributed by atoms with van der Waals surface area (Å²) in [7, 11) is 0. The normalized spacial score (nSPS) is 19.5. The van der Waals surface area contributed by atoms with Gasteiger partial charge in [0.1, 0.15) is 0 Å². The lowest BCUT2D eigenvalue weighted by atomic mass is 9.89. The van der Waals surface area contributed by atoms with E-state index in [4.69, 9.17) is 0 Å². The molecule has 1 heterocycles. The summed E-state index contributed by atoms with van der Waals surface area (Å²) < 4.78 is 2.43. The Hall–Kier alpha value is -2.85. The van der Waals surface area contributed by atoms with Crippen LogP contribution in [0.15, 0.2) is 48.5 Å². The molecule has 1 saturated carbocycles. The molecule has 2 unspecified atom stereocenters. The molecule has 3 aromatic rings. The zero-order valence-corrected chi connectivity index (χ0v) is 21.8. The van der Waals surface area contributed by atoms with Crippen molar-refractivity contribution in [3.05, 3.63) is 70.9 Å². The number of carbonyl (C=O) groups is 1. The number of carbonyl (C=O) groups excluding carboxylic acids is 1. The van der Waals surface area contributed by atoms with Crippen LogP contribution in [0.2, 0.25) is 0 Å². The first-order valence-corrected chi connectivity index (χ1v) is 13.9. The second kappa shape index (κ2) is 11.0. The highest BCUT2D eigenvalue weighted by Crippen LogP contribution is 2.31. The quantitative estimate of drug-likeness (QED) is 0.347. The molecule has 0 radical (unpaired) electrons. The van der Waals surface area contributed by atoms with Gasteiger partial charge >= 0.3 is 0 Å². The number of aliphatic hydroxyl groups excluding tert-OH is 1. The van der Waals surface area contributed by atoms with E-state index < -0.39 is 0 Å². The lowest BCUT2D eigenvalue weighted by Crippen LogP contribution is -2.19. The van der Waals surface area contributed by atoms with Gasteiger partial charge in [0.2, 0.25) is 5.91 Å². The Morgan fingerprint density at radius 2 is 1.92 bits per heavy atom. The SMILES string of the molecule is CCC(C)c1ccc2c(c1)cc(/C=C/C(=O)Nc1ccc3c(c1)CC(O)CC3)n2CC1CCCCC1. The van der Waals surface area contributed by atoms with Gasteiger partial charge in [-0.3, -0.25) is 4.79 Å². The maximum absolute atomic E-state index is 12.9. The molecule has 0 aliphatic heterocycles. The van der Waals surface area contributed by atoms with Crippen molar-refractivity contribution in [2.45, 2.75) is 90.2 Å². The number of fused-ring (bicyclic) bond motifs is 2. The molecule has 190 valence electrons. The molecule has 1 fully saturated rings. The van der Waals surface area contributed by atoms with Crippen molar-refractivity contribution in [2.24, 2.45) is 5.92 Å². The third kappa shape index (κ3) is 5.59. The number of aryl methyl sites for hydroxylation is 1. The number of nitrogens with one attached hydrogen (secondary N) is 1. The van der Waals surface area contributed by atoms with Crippen LogP contribution >= 0.6 is 0 Å². The van der Waals surface area contributed by atoms with Gasteiger partial charge in [0.05, 0.1) is 6.10 Å². The molecular formula is C32H40N2O2. The zero-order valence-electron chi connectivity index (χ0n) is 21.8. The topological polar surface area (TPSA) is 54.3 Å². The van der Waals surface area contributed by atoms with E-state index in [-0.39, 0.29) is 12.0 Å². The molecule has 2 atom stereocenters. The lowest BCUT2D eigenvalue weighted by molar-refractivity contribution is -0.111. The summed E-state index contributed by atoms with van der Waals surface area (Å²) in [5.74, 6) is 1.12. The van der Waals surface area contributed by atoms with Gasteiger partial charge in [-0.05, 0) is 103 Å². The average Bonchev–Trinajstić information content (AvgIpc) is 3.23. The number of amides is 1. The van der Waals surface area contributed by atoms with Crippen LogP contribution < -0.4 is 5.32 Å². The minimum Gasteiger partial charge on any atom is -0.393 e. The van der Waals surface area contributed by atoms with Crippen molar-refractivity contribution in [1.82, 2.24) is 4.57 Å². The van der Waals surface area contributed by atoms with Crippen LogP contribution in [0.1, 0.15) is 87.1 Å². The fraction of sp³-hybridized carbons (Fsp3) is 0.469. The molecule has 2 aromatic carbocycles. The third-order valence-electron chi connectivity index (χ3n) is 8.39. The van der Waals surface area contributed by atoms with E-state index in [2.05, 4.69) is 54.1 Å². The van der Waals surface area contributed by atoms with Gasteiger partial charge in [0.15, 0.2) is 0 Å². The number of hydrogen-bond acceptors (Lipinski definition) is 2. The van der Waals surface area contributed by atoms with E-state index in [9.17, 15) is 9.90 Å². The largest absolute Gasteiger partial charge is 0.393 e. The van der Waals surface area contributed by atoms with Gasteiger partial charge in [-0.2, -0.15) is 0 Å². The van der Waals surface area contributed by atoms with E-state index in [1.807, 2.05) is 18.2 Å². The monoisotopic (exact) mass is 484 g/mol. The Balaban J connectivity index is 1.38. The molecule has 1 aromatic heterocycles.